The van der Waals surface area contributed by atoms with Crippen LogP contribution in [0.3, 0.4) is 0 Å². The van der Waals surface area contributed by atoms with Crippen molar-refractivity contribution in [2.45, 2.75) is 33.6 Å². The van der Waals surface area contributed by atoms with Gasteiger partial charge < -0.3 is 5.32 Å². The zero-order chi connectivity index (χ0) is 17.5. The lowest BCUT2D eigenvalue weighted by Crippen LogP contribution is -2.25. The van der Waals surface area contributed by atoms with Crippen molar-refractivity contribution in [3.8, 4) is 5.69 Å². The van der Waals surface area contributed by atoms with Crippen molar-refractivity contribution < 1.29 is 4.79 Å². The van der Waals surface area contributed by atoms with Crippen molar-refractivity contribution >= 4 is 11.5 Å². The normalized spacial score (nSPS) is 16.8. The summed E-state index contributed by atoms with van der Waals surface area (Å²) in [6, 6.07) is 9.53. The topological polar surface area (TPSA) is 56.0 Å². The van der Waals surface area contributed by atoms with Gasteiger partial charge in [0.2, 0.25) is 0 Å². The van der Waals surface area contributed by atoms with Crippen LogP contribution in [0.2, 0.25) is 0 Å². The average Bonchev–Trinajstić information content (AvgIpc) is 2.70. The third kappa shape index (κ3) is 2.94. The van der Waals surface area contributed by atoms with E-state index < -0.39 is 0 Å². The number of carbonyl (C=O) groups is 1. The summed E-state index contributed by atoms with van der Waals surface area (Å²) < 4.78 is 3.46. The first-order chi connectivity index (χ1) is 11.3. The number of nitrogens with one attached hydrogen (secondary N) is 1. The third-order valence-electron chi connectivity index (χ3n) is 4.45. The Hall–Kier alpha value is -2.56. The van der Waals surface area contributed by atoms with Gasteiger partial charge in [0.1, 0.15) is 11.5 Å². The summed E-state index contributed by atoms with van der Waals surface area (Å²) in [5.74, 6) is 0.196. The van der Waals surface area contributed by atoms with Gasteiger partial charge >= 0.3 is 0 Å². The first kappa shape index (κ1) is 16.3. The number of para-hydroxylation sites is 1. The van der Waals surface area contributed by atoms with Crippen molar-refractivity contribution in [2.75, 3.05) is 5.32 Å². The first-order valence-corrected chi connectivity index (χ1v) is 8.13. The number of hydrogen-bond donors (Lipinski definition) is 1. The number of rotatable bonds is 3. The number of Topliss-reactive ketones (excluding diaryl/α,β-unsaturated/α-hetero) is 1. The van der Waals surface area contributed by atoms with Gasteiger partial charge in [-0.05, 0) is 24.5 Å². The van der Waals surface area contributed by atoms with Gasteiger partial charge in [-0.25, -0.2) is 4.68 Å². The molecule has 1 aromatic carbocycles. The number of allylic oxidation sites excluding steroid dienone is 2. The molecule has 0 amide bonds. The van der Waals surface area contributed by atoms with Gasteiger partial charge in [0, 0.05) is 25.6 Å². The van der Waals surface area contributed by atoms with Gasteiger partial charge in [-0.1, -0.05) is 38.1 Å². The number of ketones is 1. The quantitative estimate of drug-likeness (QED) is 0.943. The average molecular weight is 325 g/mol. The maximum absolute atomic E-state index is 12.9. The highest BCUT2D eigenvalue weighted by Gasteiger charge is 2.27. The highest BCUT2D eigenvalue weighted by molar-refractivity contribution is 5.84. The third-order valence-corrected chi connectivity index (χ3v) is 4.45. The zero-order valence-electron chi connectivity index (χ0n) is 14.6. The molecule has 1 aliphatic carbocycles. The van der Waals surface area contributed by atoms with E-state index >= 15 is 0 Å². The number of benzene rings is 1. The molecule has 5 nitrogen and oxygen atoms in total. The van der Waals surface area contributed by atoms with Crippen LogP contribution < -0.4 is 10.9 Å². The molecule has 0 fully saturated rings. The van der Waals surface area contributed by atoms with E-state index in [0.717, 1.165) is 17.1 Å². The number of hydrogen-bond acceptors (Lipinski definition) is 3. The summed E-state index contributed by atoms with van der Waals surface area (Å²) in [5.41, 5.74) is 2.69. The Morgan fingerprint density at radius 2 is 1.79 bits per heavy atom. The molecule has 1 heterocycles. The predicted octanol–water partition coefficient (Wildman–Crippen LogP) is 3.17. The van der Waals surface area contributed by atoms with Crippen LogP contribution in [0, 0.1) is 12.3 Å². The minimum absolute atomic E-state index is 0.113. The fourth-order valence-corrected chi connectivity index (χ4v) is 3.31. The van der Waals surface area contributed by atoms with E-state index in [-0.39, 0.29) is 16.8 Å². The van der Waals surface area contributed by atoms with Gasteiger partial charge in [-0.3, -0.25) is 14.3 Å². The lowest BCUT2D eigenvalue weighted by molar-refractivity contribution is -0.120. The molecular weight excluding hydrogens is 302 g/mol. The van der Waals surface area contributed by atoms with Crippen LogP contribution in [-0.2, 0) is 11.8 Å². The fraction of sp³-hybridized carbons (Fsp3) is 0.368. The van der Waals surface area contributed by atoms with E-state index in [0.29, 0.717) is 18.5 Å². The molecule has 126 valence electrons. The number of aromatic nitrogens is 2. The molecule has 0 saturated carbocycles. The van der Waals surface area contributed by atoms with Gasteiger partial charge in [-0.2, -0.15) is 0 Å². The van der Waals surface area contributed by atoms with Crippen molar-refractivity contribution in [1.82, 2.24) is 9.36 Å². The Balaban J connectivity index is 2.03. The SMILES string of the molecule is Cc1c(NC2=CC(C)(C)CC(=O)C2)c(=O)n(-c2ccccc2)n1C. The summed E-state index contributed by atoms with van der Waals surface area (Å²) in [7, 11) is 1.86. The van der Waals surface area contributed by atoms with Crippen molar-refractivity contribution in [1.29, 1.82) is 0 Å². The van der Waals surface area contributed by atoms with E-state index in [1.54, 1.807) is 4.68 Å². The van der Waals surface area contributed by atoms with Crippen LogP contribution in [0.5, 0.6) is 0 Å². The van der Waals surface area contributed by atoms with Crippen molar-refractivity contribution in [2.24, 2.45) is 12.5 Å². The second-order valence-corrected chi connectivity index (χ2v) is 7.11. The Morgan fingerprint density at radius 3 is 2.42 bits per heavy atom. The molecule has 0 spiro atoms. The molecule has 24 heavy (non-hydrogen) atoms. The number of carbonyl (C=O) groups excluding carboxylic acids is 1. The number of anilines is 1. The number of nitrogens with zero attached hydrogens (tertiary/aromatic N) is 2. The molecule has 1 aliphatic rings. The molecule has 0 radical (unpaired) electrons. The fourth-order valence-electron chi connectivity index (χ4n) is 3.31. The van der Waals surface area contributed by atoms with Crippen LogP contribution in [0.25, 0.3) is 5.69 Å². The minimum Gasteiger partial charge on any atom is -0.353 e. The Morgan fingerprint density at radius 1 is 1.12 bits per heavy atom. The Labute approximate surface area is 141 Å². The molecule has 1 N–H and O–H groups in total. The largest absolute Gasteiger partial charge is 0.353 e. The first-order valence-electron chi connectivity index (χ1n) is 8.13. The Bertz CT molecular complexity index is 870. The lowest BCUT2D eigenvalue weighted by Gasteiger charge is -2.26. The van der Waals surface area contributed by atoms with Crippen LogP contribution in [-0.4, -0.2) is 15.1 Å². The van der Waals surface area contributed by atoms with E-state index in [1.807, 2.05) is 62.8 Å². The van der Waals surface area contributed by atoms with Crippen LogP contribution >= 0.6 is 0 Å². The van der Waals surface area contributed by atoms with E-state index in [2.05, 4.69) is 11.4 Å². The molecule has 1 aromatic heterocycles. The molecular formula is C19H23N3O2. The molecule has 0 atom stereocenters. The summed E-state index contributed by atoms with van der Waals surface area (Å²) in [6.45, 7) is 5.97. The van der Waals surface area contributed by atoms with Crippen LogP contribution in [0.1, 0.15) is 32.4 Å². The van der Waals surface area contributed by atoms with Crippen molar-refractivity contribution in [3.05, 3.63) is 58.2 Å². The lowest BCUT2D eigenvalue weighted by atomic mass is 9.81. The predicted molar refractivity (Wildman–Crippen MR) is 95.5 cm³/mol. The maximum atomic E-state index is 12.9. The van der Waals surface area contributed by atoms with E-state index in [4.69, 9.17) is 0 Å². The molecule has 0 aliphatic heterocycles. The zero-order valence-corrected chi connectivity index (χ0v) is 14.6. The highest BCUT2D eigenvalue weighted by Crippen LogP contribution is 2.31. The smallest absolute Gasteiger partial charge is 0.295 e. The molecule has 5 heteroatoms. The minimum atomic E-state index is -0.182. The summed E-state index contributed by atoms with van der Waals surface area (Å²) in [5, 5.41) is 3.22. The molecule has 2 aromatic rings. The van der Waals surface area contributed by atoms with E-state index in [9.17, 15) is 9.59 Å². The Kier molecular flexibility index (Phi) is 3.95. The van der Waals surface area contributed by atoms with Gasteiger partial charge in [0.05, 0.1) is 11.4 Å². The van der Waals surface area contributed by atoms with Crippen LogP contribution in [0.4, 0.5) is 5.69 Å². The second kappa shape index (κ2) is 5.82. The molecule has 3 rings (SSSR count). The van der Waals surface area contributed by atoms with Crippen molar-refractivity contribution in [3.63, 3.8) is 0 Å². The van der Waals surface area contributed by atoms with E-state index in [1.165, 1.54) is 0 Å². The molecule has 0 bridgehead atoms. The summed E-state index contributed by atoms with van der Waals surface area (Å²) in [4.78, 5) is 24.9. The van der Waals surface area contributed by atoms with Gasteiger partial charge in [-0.15, -0.1) is 0 Å². The van der Waals surface area contributed by atoms with Gasteiger partial charge in [0.15, 0.2) is 0 Å². The van der Waals surface area contributed by atoms with Crippen LogP contribution in [0.15, 0.2) is 46.9 Å². The highest BCUT2D eigenvalue weighted by atomic mass is 16.1. The maximum Gasteiger partial charge on any atom is 0.295 e. The molecule has 0 saturated heterocycles. The summed E-state index contributed by atoms with van der Waals surface area (Å²) in [6.07, 6.45) is 2.95. The monoisotopic (exact) mass is 325 g/mol. The standard InChI is InChI=1S/C19H23N3O2/c1-13-17(20-14-10-16(23)12-19(2,3)11-14)18(24)22(21(13)4)15-8-6-5-7-9-15/h5-9,11,20H,10,12H2,1-4H3. The molecule has 0 unspecified atom stereocenters. The second-order valence-electron chi connectivity index (χ2n) is 7.11. The van der Waals surface area contributed by atoms with Gasteiger partial charge in [0.25, 0.3) is 5.56 Å². The summed E-state index contributed by atoms with van der Waals surface area (Å²) >= 11 is 0.